The van der Waals surface area contributed by atoms with Crippen molar-refractivity contribution >= 4 is 12.7 Å². The van der Waals surface area contributed by atoms with Crippen LogP contribution in [0.4, 0.5) is 0 Å². The lowest BCUT2D eigenvalue weighted by Crippen LogP contribution is -2.46. The van der Waals surface area contributed by atoms with Gasteiger partial charge in [0.15, 0.2) is 6.04 Å². The van der Waals surface area contributed by atoms with Crippen molar-refractivity contribution < 1.29 is 9.53 Å². The van der Waals surface area contributed by atoms with E-state index in [1.165, 1.54) is 0 Å². The largest absolute Gasteiger partial charge is 0.458 e. The highest BCUT2D eigenvalue weighted by Crippen LogP contribution is 2.15. The molecule has 8 heavy (non-hydrogen) atoms. The van der Waals surface area contributed by atoms with Crippen LogP contribution >= 0.6 is 0 Å². The van der Waals surface area contributed by atoms with Crippen molar-refractivity contribution in [3.05, 3.63) is 0 Å². The van der Waals surface area contributed by atoms with E-state index < -0.39 is 0 Å². The number of rotatable bonds is 1. The highest BCUT2D eigenvalue weighted by molar-refractivity contribution is 5.82. The summed E-state index contributed by atoms with van der Waals surface area (Å²) in [6.07, 6.45) is -0.0556. The van der Waals surface area contributed by atoms with Gasteiger partial charge in [-0.25, -0.2) is 4.79 Å². The number of carbonyl (C=O) groups excluding carboxylic acids is 1. The van der Waals surface area contributed by atoms with Crippen LogP contribution in [0.15, 0.2) is 4.99 Å². The Morgan fingerprint density at radius 2 is 2.50 bits per heavy atom. The fraction of sp³-hybridized carbons (Fsp3) is 0.600. The van der Waals surface area contributed by atoms with Crippen LogP contribution in [0.25, 0.3) is 0 Å². The van der Waals surface area contributed by atoms with Crippen molar-refractivity contribution in [3.63, 3.8) is 0 Å². The van der Waals surface area contributed by atoms with E-state index in [2.05, 4.69) is 16.4 Å². The lowest BCUT2D eigenvalue weighted by atomic mass is 10.1. The molecule has 1 saturated heterocycles. The van der Waals surface area contributed by atoms with Gasteiger partial charge in [0, 0.05) is 0 Å². The maximum Gasteiger partial charge on any atom is 0.335 e. The maximum atomic E-state index is 10.3. The lowest BCUT2D eigenvalue weighted by molar-refractivity contribution is -0.171. The van der Waals surface area contributed by atoms with E-state index in [0.29, 0.717) is 0 Å². The smallest absolute Gasteiger partial charge is 0.335 e. The molecule has 0 radical (unpaired) electrons. The van der Waals surface area contributed by atoms with Crippen molar-refractivity contribution in [1.29, 1.82) is 0 Å². The highest BCUT2D eigenvalue weighted by Gasteiger charge is 2.37. The average Bonchev–Trinajstić information content (AvgIpc) is 1.67. The minimum atomic E-state index is -0.296. The van der Waals surface area contributed by atoms with Gasteiger partial charge < -0.3 is 4.74 Å². The SMILES string of the molecule is C=N[C@@H]1C(=O)O[C@H]1C. The molecule has 0 saturated carbocycles. The summed E-state index contributed by atoms with van der Waals surface area (Å²) in [6, 6.07) is -0.296. The summed E-state index contributed by atoms with van der Waals surface area (Å²) < 4.78 is 4.57. The summed E-state index contributed by atoms with van der Waals surface area (Å²) in [7, 11) is 0. The zero-order valence-corrected chi connectivity index (χ0v) is 4.63. The predicted molar refractivity (Wildman–Crippen MR) is 28.9 cm³/mol. The normalized spacial score (nSPS) is 35.4. The minimum Gasteiger partial charge on any atom is -0.458 e. The summed E-state index contributed by atoms with van der Waals surface area (Å²) in [6.45, 7) is 5.03. The van der Waals surface area contributed by atoms with E-state index in [-0.39, 0.29) is 18.1 Å². The molecule has 0 unspecified atom stereocenters. The molecule has 0 aliphatic carbocycles. The van der Waals surface area contributed by atoms with Gasteiger partial charge in [-0.3, -0.25) is 4.99 Å². The third-order valence-corrected chi connectivity index (χ3v) is 1.18. The van der Waals surface area contributed by atoms with E-state index in [9.17, 15) is 4.79 Å². The molecule has 0 spiro atoms. The van der Waals surface area contributed by atoms with E-state index in [1.54, 1.807) is 6.92 Å². The number of cyclic esters (lactones) is 1. The van der Waals surface area contributed by atoms with Crippen molar-refractivity contribution in [2.24, 2.45) is 4.99 Å². The van der Waals surface area contributed by atoms with E-state index in [1.807, 2.05) is 0 Å². The molecule has 2 atom stereocenters. The zero-order chi connectivity index (χ0) is 6.15. The molecule has 0 aromatic heterocycles. The third-order valence-electron chi connectivity index (χ3n) is 1.18. The second-order valence-electron chi connectivity index (χ2n) is 1.77. The number of esters is 1. The molecule has 3 heteroatoms. The Morgan fingerprint density at radius 3 is 2.62 bits per heavy atom. The Labute approximate surface area is 47.4 Å². The van der Waals surface area contributed by atoms with Crippen molar-refractivity contribution in [2.75, 3.05) is 0 Å². The second-order valence-corrected chi connectivity index (χ2v) is 1.77. The Balaban J connectivity index is 2.52. The van der Waals surface area contributed by atoms with Gasteiger partial charge in [0.2, 0.25) is 0 Å². The molecule has 1 heterocycles. The van der Waals surface area contributed by atoms with Crippen LogP contribution in [0, 0.1) is 0 Å². The molecular formula is C5H7NO2. The van der Waals surface area contributed by atoms with Crippen LogP contribution in [0.1, 0.15) is 6.92 Å². The van der Waals surface area contributed by atoms with E-state index in [0.717, 1.165) is 0 Å². The summed E-state index contributed by atoms with van der Waals surface area (Å²) >= 11 is 0. The molecule has 44 valence electrons. The van der Waals surface area contributed by atoms with E-state index >= 15 is 0 Å². The molecule has 1 fully saturated rings. The van der Waals surface area contributed by atoms with Crippen LogP contribution in [-0.2, 0) is 9.53 Å². The van der Waals surface area contributed by atoms with E-state index in [4.69, 9.17) is 0 Å². The van der Waals surface area contributed by atoms with Gasteiger partial charge in [0.05, 0.1) is 0 Å². The summed E-state index contributed by atoms with van der Waals surface area (Å²) in [4.78, 5) is 13.8. The molecule has 1 aliphatic rings. The topological polar surface area (TPSA) is 38.7 Å². The van der Waals surface area contributed by atoms with Crippen LogP contribution < -0.4 is 0 Å². The van der Waals surface area contributed by atoms with Crippen LogP contribution in [0.3, 0.4) is 0 Å². The highest BCUT2D eigenvalue weighted by atomic mass is 16.6. The first-order valence-electron chi connectivity index (χ1n) is 2.42. The molecule has 0 aromatic carbocycles. The lowest BCUT2D eigenvalue weighted by Gasteiger charge is -2.28. The predicted octanol–water partition coefficient (Wildman–Crippen LogP) is 0.000900. The minimum absolute atomic E-state index is 0.0556. The Morgan fingerprint density at radius 1 is 1.88 bits per heavy atom. The molecule has 0 N–H and O–H groups in total. The first-order valence-corrected chi connectivity index (χ1v) is 2.42. The Bertz CT molecular complexity index is 132. The van der Waals surface area contributed by atoms with Gasteiger partial charge in [-0.2, -0.15) is 0 Å². The summed E-state index contributed by atoms with van der Waals surface area (Å²) in [5.74, 6) is -0.257. The first kappa shape index (κ1) is 5.28. The number of hydrogen-bond donors (Lipinski definition) is 0. The summed E-state index contributed by atoms with van der Waals surface area (Å²) in [5, 5.41) is 0. The fourth-order valence-electron chi connectivity index (χ4n) is 0.660. The van der Waals surface area contributed by atoms with Gasteiger partial charge in [-0.05, 0) is 13.6 Å². The number of ether oxygens (including phenoxy) is 1. The van der Waals surface area contributed by atoms with Gasteiger partial charge in [-0.15, -0.1) is 0 Å². The zero-order valence-electron chi connectivity index (χ0n) is 4.63. The Hall–Kier alpha value is -0.860. The fourth-order valence-corrected chi connectivity index (χ4v) is 0.660. The average molecular weight is 113 g/mol. The number of hydrogen-bond acceptors (Lipinski definition) is 3. The van der Waals surface area contributed by atoms with Crippen molar-refractivity contribution in [2.45, 2.75) is 19.1 Å². The standard InChI is InChI=1S/C5H7NO2/c1-3-4(6-2)5(7)8-3/h3-4H,2H2,1H3/t3-,4-/m0/s1. The molecule has 1 rings (SSSR count). The number of aliphatic imine (C=N–C) groups is 1. The maximum absolute atomic E-state index is 10.3. The third kappa shape index (κ3) is 0.510. The Kier molecular flexibility index (Phi) is 1.04. The van der Waals surface area contributed by atoms with Crippen LogP contribution in [0.5, 0.6) is 0 Å². The van der Waals surface area contributed by atoms with Gasteiger partial charge in [0.1, 0.15) is 6.10 Å². The van der Waals surface area contributed by atoms with Crippen molar-refractivity contribution in [3.8, 4) is 0 Å². The monoisotopic (exact) mass is 113 g/mol. The molecule has 0 amide bonds. The van der Waals surface area contributed by atoms with Crippen LogP contribution in [-0.4, -0.2) is 24.8 Å². The molecule has 0 bridgehead atoms. The van der Waals surface area contributed by atoms with Gasteiger partial charge >= 0.3 is 5.97 Å². The number of nitrogens with zero attached hydrogens (tertiary/aromatic N) is 1. The molecular weight excluding hydrogens is 106 g/mol. The quantitative estimate of drug-likeness (QED) is 0.354. The van der Waals surface area contributed by atoms with Crippen molar-refractivity contribution in [1.82, 2.24) is 0 Å². The summed E-state index contributed by atoms with van der Waals surface area (Å²) in [5.41, 5.74) is 0. The first-order chi connectivity index (χ1) is 3.75. The van der Waals surface area contributed by atoms with Gasteiger partial charge in [0.25, 0.3) is 0 Å². The molecule has 1 aliphatic heterocycles. The second kappa shape index (κ2) is 1.58. The van der Waals surface area contributed by atoms with Gasteiger partial charge in [-0.1, -0.05) is 0 Å². The van der Waals surface area contributed by atoms with Crippen LogP contribution in [0.2, 0.25) is 0 Å². The molecule has 0 aromatic rings. The molecule has 3 nitrogen and oxygen atoms in total. The number of carbonyl (C=O) groups is 1.